The van der Waals surface area contributed by atoms with Gasteiger partial charge in [-0.05, 0) is 43.3 Å². The molecule has 0 spiro atoms. The predicted molar refractivity (Wildman–Crippen MR) is 89.6 cm³/mol. The third-order valence-corrected chi connectivity index (χ3v) is 5.50. The van der Waals surface area contributed by atoms with Crippen LogP contribution in [0.3, 0.4) is 0 Å². The lowest BCUT2D eigenvalue weighted by atomic mass is 10.2. The van der Waals surface area contributed by atoms with Gasteiger partial charge in [0, 0.05) is 17.2 Å². The maximum Gasteiger partial charge on any atom is 0.200 e. The first-order valence-electron chi connectivity index (χ1n) is 6.59. The first-order valence-corrected chi connectivity index (χ1v) is 9.28. The van der Waals surface area contributed by atoms with Crippen LogP contribution in [0, 0.1) is 18.3 Å². The summed E-state index contributed by atoms with van der Waals surface area (Å²) in [6.07, 6.45) is 0.911. The third-order valence-electron chi connectivity index (χ3n) is 2.95. The van der Waals surface area contributed by atoms with Crippen molar-refractivity contribution in [2.45, 2.75) is 16.7 Å². The first-order chi connectivity index (χ1) is 10.9. The number of allylic oxidation sites excluding steroid dienone is 1. The molecule has 0 amide bonds. The lowest BCUT2D eigenvalue weighted by Crippen LogP contribution is -2.05. The monoisotopic (exact) mass is 346 g/mol. The van der Waals surface area contributed by atoms with Crippen molar-refractivity contribution in [2.24, 2.45) is 0 Å². The highest BCUT2D eigenvalue weighted by Crippen LogP contribution is 2.18. The molecule has 0 radical (unpaired) electrons. The molecule has 5 nitrogen and oxygen atoms in total. The lowest BCUT2D eigenvalue weighted by molar-refractivity contribution is 0.604. The van der Waals surface area contributed by atoms with Gasteiger partial charge in [0.2, 0.25) is 9.84 Å². The number of hydrogen-bond acceptors (Lipinski definition) is 4. The van der Waals surface area contributed by atoms with Crippen molar-refractivity contribution >= 4 is 26.5 Å². The Morgan fingerprint density at radius 1 is 1.09 bits per heavy atom. The van der Waals surface area contributed by atoms with Gasteiger partial charge in [-0.3, -0.25) is 0 Å². The Balaban J connectivity index is 2.14. The molecule has 0 aliphatic heterocycles. The molecule has 0 saturated heterocycles. The second kappa shape index (κ2) is 7.22. The zero-order chi connectivity index (χ0) is 16.9. The van der Waals surface area contributed by atoms with Gasteiger partial charge in [0.15, 0.2) is 0 Å². The van der Waals surface area contributed by atoms with E-state index in [2.05, 4.69) is 4.72 Å². The molecule has 2 rings (SSSR count). The summed E-state index contributed by atoms with van der Waals surface area (Å²) in [5, 5.41) is 9.25. The van der Waals surface area contributed by atoms with Crippen LogP contribution in [0.25, 0.3) is 0 Å². The van der Waals surface area contributed by atoms with Gasteiger partial charge in [-0.15, -0.1) is 0 Å². The van der Waals surface area contributed by atoms with Gasteiger partial charge in [0.05, 0.1) is 15.9 Å². The zero-order valence-electron chi connectivity index (χ0n) is 12.3. The minimum atomic E-state index is -3.63. The molecule has 2 aromatic rings. The zero-order valence-corrected chi connectivity index (χ0v) is 13.9. The average molecular weight is 346 g/mol. The van der Waals surface area contributed by atoms with Crippen LogP contribution < -0.4 is 4.72 Å². The quantitative estimate of drug-likeness (QED) is 0.843. The molecule has 7 heteroatoms. The number of nitrogens with zero attached hydrogens (tertiary/aromatic N) is 1. The second-order valence-corrected chi connectivity index (χ2v) is 7.73. The number of hydrogen-bond donors (Lipinski definition) is 1. The molecule has 1 N–H and O–H groups in total. The summed E-state index contributed by atoms with van der Waals surface area (Å²) in [4.78, 5) is 0.694. The standard InChI is InChI=1S/C16H14N2O3S2/c1-13-3-7-15(8-4-13)22(19)18-14-5-9-16(10-6-14)23(20,21)12-2-11-17/h2-10,12,18H,1H3. The molecule has 23 heavy (non-hydrogen) atoms. The Labute approximate surface area is 137 Å². The Hall–Kier alpha value is -2.43. The lowest BCUT2D eigenvalue weighted by Gasteiger charge is -2.07. The second-order valence-electron chi connectivity index (χ2n) is 4.69. The molecule has 2 aromatic carbocycles. The minimum Gasteiger partial charge on any atom is -0.301 e. The van der Waals surface area contributed by atoms with Crippen LogP contribution in [-0.4, -0.2) is 12.6 Å². The molecule has 118 valence electrons. The summed E-state index contributed by atoms with van der Waals surface area (Å²) in [7, 11) is -5.06. The average Bonchev–Trinajstić information content (AvgIpc) is 2.54. The largest absolute Gasteiger partial charge is 0.301 e. The van der Waals surface area contributed by atoms with Crippen molar-refractivity contribution in [3.05, 3.63) is 65.6 Å². The molecular weight excluding hydrogens is 332 g/mol. The fourth-order valence-corrected chi connectivity index (χ4v) is 3.50. The van der Waals surface area contributed by atoms with Crippen LogP contribution in [0.4, 0.5) is 5.69 Å². The normalized spacial score (nSPS) is 12.7. The highest BCUT2D eigenvalue weighted by atomic mass is 32.2. The number of benzene rings is 2. The van der Waals surface area contributed by atoms with Gasteiger partial charge in [-0.1, -0.05) is 17.7 Å². The van der Waals surface area contributed by atoms with Gasteiger partial charge in [0.1, 0.15) is 11.0 Å². The van der Waals surface area contributed by atoms with E-state index < -0.39 is 20.8 Å². The minimum absolute atomic E-state index is 0.0654. The number of nitriles is 1. The van der Waals surface area contributed by atoms with E-state index in [1.165, 1.54) is 24.3 Å². The van der Waals surface area contributed by atoms with Crippen LogP contribution in [0.2, 0.25) is 0 Å². The number of sulfone groups is 1. The summed E-state index contributed by atoms with van der Waals surface area (Å²) in [6, 6.07) is 14.8. The molecular formula is C16H14N2O3S2. The van der Waals surface area contributed by atoms with Crippen LogP contribution in [0.15, 0.2) is 69.8 Å². The van der Waals surface area contributed by atoms with Gasteiger partial charge in [-0.2, -0.15) is 5.26 Å². The summed E-state index contributed by atoms with van der Waals surface area (Å²) in [5.41, 5.74) is 1.61. The van der Waals surface area contributed by atoms with Crippen LogP contribution in [-0.2, 0) is 20.8 Å². The van der Waals surface area contributed by atoms with Crippen molar-refractivity contribution in [1.29, 1.82) is 5.26 Å². The number of rotatable bonds is 5. The summed E-state index contributed by atoms with van der Waals surface area (Å²) < 4.78 is 38.7. The molecule has 1 atom stereocenters. The predicted octanol–water partition coefficient (Wildman–Crippen LogP) is 2.94. The molecule has 0 aliphatic carbocycles. The van der Waals surface area contributed by atoms with Crippen LogP contribution in [0.1, 0.15) is 5.56 Å². The van der Waals surface area contributed by atoms with Crippen LogP contribution in [0.5, 0.6) is 0 Å². The molecule has 0 aliphatic rings. The van der Waals surface area contributed by atoms with E-state index in [1.807, 2.05) is 19.1 Å². The Morgan fingerprint density at radius 3 is 2.26 bits per heavy atom. The van der Waals surface area contributed by atoms with E-state index in [0.29, 0.717) is 10.6 Å². The van der Waals surface area contributed by atoms with Gasteiger partial charge < -0.3 is 4.72 Å². The van der Waals surface area contributed by atoms with E-state index in [1.54, 1.807) is 18.2 Å². The summed E-state index contributed by atoms with van der Waals surface area (Å²) in [6.45, 7) is 1.94. The smallest absolute Gasteiger partial charge is 0.200 e. The maximum atomic E-state index is 12.2. The van der Waals surface area contributed by atoms with E-state index in [9.17, 15) is 12.6 Å². The molecule has 0 aromatic heterocycles. The summed E-state index contributed by atoms with van der Waals surface area (Å²) in [5.74, 6) is 0. The van der Waals surface area contributed by atoms with Gasteiger partial charge in [-0.25, -0.2) is 12.6 Å². The Bertz CT molecular complexity index is 878. The third kappa shape index (κ3) is 4.52. The summed E-state index contributed by atoms with van der Waals surface area (Å²) >= 11 is 0. The highest BCUT2D eigenvalue weighted by Gasteiger charge is 2.10. The first kappa shape index (κ1) is 16.9. The Kier molecular flexibility index (Phi) is 5.32. The fourth-order valence-electron chi connectivity index (χ4n) is 1.74. The molecule has 0 heterocycles. The van der Waals surface area contributed by atoms with Crippen molar-refractivity contribution in [3.63, 3.8) is 0 Å². The molecule has 0 bridgehead atoms. The Morgan fingerprint density at radius 2 is 1.70 bits per heavy atom. The van der Waals surface area contributed by atoms with Gasteiger partial charge >= 0.3 is 0 Å². The van der Waals surface area contributed by atoms with Crippen LogP contribution >= 0.6 is 0 Å². The van der Waals surface area contributed by atoms with Crippen molar-refractivity contribution in [1.82, 2.24) is 0 Å². The number of nitrogens with one attached hydrogen (secondary N) is 1. The van der Waals surface area contributed by atoms with E-state index >= 15 is 0 Å². The number of aryl methyl sites for hydroxylation is 1. The molecule has 1 unspecified atom stereocenters. The SMILES string of the molecule is Cc1ccc(S(=O)Nc2ccc(S(=O)(=O)C=CC#N)cc2)cc1. The van der Waals surface area contributed by atoms with E-state index in [0.717, 1.165) is 17.0 Å². The molecule has 0 saturated carbocycles. The topological polar surface area (TPSA) is 87.0 Å². The molecule has 0 fully saturated rings. The van der Waals surface area contributed by atoms with E-state index in [4.69, 9.17) is 5.26 Å². The van der Waals surface area contributed by atoms with E-state index in [-0.39, 0.29) is 4.90 Å². The maximum absolute atomic E-state index is 12.2. The van der Waals surface area contributed by atoms with Crippen molar-refractivity contribution in [3.8, 4) is 6.07 Å². The fraction of sp³-hybridized carbons (Fsp3) is 0.0625. The van der Waals surface area contributed by atoms with Gasteiger partial charge in [0.25, 0.3) is 0 Å². The number of anilines is 1. The van der Waals surface area contributed by atoms with Crippen molar-refractivity contribution in [2.75, 3.05) is 4.72 Å². The highest BCUT2D eigenvalue weighted by molar-refractivity contribution is 7.94. The van der Waals surface area contributed by atoms with Crippen molar-refractivity contribution < 1.29 is 12.6 Å².